The molecule has 4 nitrogen and oxygen atoms in total. The van der Waals surface area contributed by atoms with Crippen molar-refractivity contribution in [1.82, 2.24) is 4.90 Å². The number of methoxy groups -OCH3 is 1. The summed E-state index contributed by atoms with van der Waals surface area (Å²) in [7, 11) is 1.70. The number of urea groups is 1. The van der Waals surface area contributed by atoms with E-state index in [-0.39, 0.29) is 12.1 Å². The molecule has 120 valence electrons. The lowest BCUT2D eigenvalue weighted by Crippen LogP contribution is -2.48. The fourth-order valence-corrected chi connectivity index (χ4v) is 3.91. The van der Waals surface area contributed by atoms with E-state index in [0.29, 0.717) is 6.04 Å². The van der Waals surface area contributed by atoms with Crippen molar-refractivity contribution < 1.29 is 9.53 Å². The average molecular weight is 302 g/mol. The SMILES string of the molecule is COC(C)c1cccc(NC(=O)N2CCCC3CCCC32)c1. The van der Waals surface area contributed by atoms with E-state index in [9.17, 15) is 4.79 Å². The highest BCUT2D eigenvalue weighted by Gasteiger charge is 2.37. The number of nitrogens with zero attached hydrogens (tertiary/aromatic N) is 1. The van der Waals surface area contributed by atoms with Gasteiger partial charge in [0.25, 0.3) is 0 Å². The predicted molar refractivity (Wildman–Crippen MR) is 88.0 cm³/mol. The maximum absolute atomic E-state index is 12.6. The topological polar surface area (TPSA) is 41.6 Å². The fourth-order valence-electron chi connectivity index (χ4n) is 3.91. The molecule has 3 unspecified atom stereocenters. The molecule has 1 heterocycles. The van der Waals surface area contributed by atoms with Gasteiger partial charge in [-0.3, -0.25) is 0 Å². The molecule has 0 aromatic heterocycles. The fraction of sp³-hybridized carbons (Fsp3) is 0.611. The molecule has 1 aliphatic heterocycles. The Morgan fingerprint density at radius 2 is 2.14 bits per heavy atom. The summed E-state index contributed by atoms with van der Waals surface area (Å²) < 4.78 is 5.35. The van der Waals surface area contributed by atoms with Crippen molar-refractivity contribution in [2.24, 2.45) is 5.92 Å². The zero-order chi connectivity index (χ0) is 15.5. The van der Waals surface area contributed by atoms with Crippen molar-refractivity contribution >= 4 is 11.7 Å². The second-order valence-corrected chi connectivity index (χ2v) is 6.53. The van der Waals surface area contributed by atoms with Crippen LogP contribution in [-0.4, -0.2) is 30.6 Å². The van der Waals surface area contributed by atoms with Gasteiger partial charge in [-0.1, -0.05) is 18.6 Å². The normalized spacial score (nSPS) is 25.6. The molecule has 0 bridgehead atoms. The lowest BCUT2D eigenvalue weighted by molar-refractivity contribution is 0.119. The summed E-state index contributed by atoms with van der Waals surface area (Å²) in [4.78, 5) is 14.7. The van der Waals surface area contributed by atoms with E-state index in [1.54, 1.807) is 7.11 Å². The average Bonchev–Trinajstić information content (AvgIpc) is 3.02. The van der Waals surface area contributed by atoms with Crippen molar-refractivity contribution in [3.63, 3.8) is 0 Å². The number of carbonyl (C=O) groups is 1. The third kappa shape index (κ3) is 3.12. The third-order valence-corrected chi connectivity index (χ3v) is 5.21. The van der Waals surface area contributed by atoms with Crippen molar-refractivity contribution in [2.75, 3.05) is 19.0 Å². The lowest BCUT2D eigenvalue weighted by atomic mass is 9.92. The van der Waals surface area contributed by atoms with E-state index < -0.39 is 0 Å². The molecule has 0 spiro atoms. The number of ether oxygens (including phenoxy) is 1. The summed E-state index contributed by atoms with van der Waals surface area (Å²) in [6.07, 6.45) is 6.17. The predicted octanol–water partition coefficient (Wildman–Crippen LogP) is 4.19. The molecular formula is C18H26N2O2. The Bertz CT molecular complexity index is 532. The molecule has 1 aliphatic carbocycles. The Balaban J connectivity index is 1.68. The molecule has 4 heteroatoms. The van der Waals surface area contributed by atoms with Crippen LogP contribution in [0.5, 0.6) is 0 Å². The van der Waals surface area contributed by atoms with E-state index in [0.717, 1.165) is 30.1 Å². The molecule has 3 rings (SSSR count). The first-order chi connectivity index (χ1) is 10.7. The van der Waals surface area contributed by atoms with Crippen LogP contribution in [0.4, 0.5) is 10.5 Å². The largest absolute Gasteiger partial charge is 0.377 e. The summed E-state index contributed by atoms with van der Waals surface area (Å²) in [5.74, 6) is 0.722. The second kappa shape index (κ2) is 6.69. The van der Waals surface area contributed by atoms with Crippen molar-refractivity contribution in [3.8, 4) is 0 Å². The monoisotopic (exact) mass is 302 g/mol. The van der Waals surface area contributed by atoms with Gasteiger partial charge in [-0.25, -0.2) is 4.79 Å². The quantitative estimate of drug-likeness (QED) is 0.909. The van der Waals surface area contributed by atoms with Gasteiger partial charge in [0.1, 0.15) is 0 Å². The first kappa shape index (κ1) is 15.3. The summed E-state index contributed by atoms with van der Waals surface area (Å²) in [5.41, 5.74) is 1.93. The maximum atomic E-state index is 12.6. The second-order valence-electron chi connectivity index (χ2n) is 6.53. The van der Waals surface area contributed by atoms with Crippen LogP contribution < -0.4 is 5.32 Å². The number of nitrogens with one attached hydrogen (secondary N) is 1. The Hall–Kier alpha value is -1.55. The number of carbonyl (C=O) groups excluding carboxylic acids is 1. The number of hydrogen-bond acceptors (Lipinski definition) is 2. The van der Waals surface area contributed by atoms with Gasteiger partial charge >= 0.3 is 6.03 Å². The number of hydrogen-bond donors (Lipinski definition) is 1. The van der Waals surface area contributed by atoms with E-state index >= 15 is 0 Å². The Morgan fingerprint density at radius 1 is 1.32 bits per heavy atom. The maximum Gasteiger partial charge on any atom is 0.322 e. The highest BCUT2D eigenvalue weighted by Crippen LogP contribution is 2.37. The van der Waals surface area contributed by atoms with Gasteiger partial charge in [0, 0.05) is 25.4 Å². The van der Waals surface area contributed by atoms with Crippen LogP contribution in [0.1, 0.15) is 50.7 Å². The van der Waals surface area contributed by atoms with Crippen LogP contribution in [0.2, 0.25) is 0 Å². The number of likely N-dealkylation sites (tertiary alicyclic amines) is 1. The minimum absolute atomic E-state index is 0.0334. The highest BCUT2D eigenvalue weighted by atomic mass is 16.5. The summed E-state index contributed by atoms with van der Waals surface area (Å²) in [6, 6.07) is 8.45. The number of benzene rings is 1. The Morgan fingerprint density at radius 3 is 2.95 bits per heavy atom. The van der Waals surface area contributed by atoms with Crippen LogP contribution in [0.25, 0.3) is 0 Å². The van der Waals surface area contributed by atoms with Crippen molar-refractivity contribution in [1.29, 1.82) is 0 Å². The summed E-state index contributed by atoms with van der Waals surface area (Å²) in [6.45, 7) is 2.90. The highest BCUT2D eigenvalue weighted by molar-refractivity contribution is 5.89. The number of amides is 2. The van der Waals surface area contributed by atoms with Crippen LogP contribution in [0.3, 0.4) is 0 Å². The zero-order valence-electron chi connectivity index (χ0n) is 13.5. The summed E-state index contributed by atoms with van der Waals surface area (Å²) >= 11 is 0. The van der Waals surface area contributed by atoms with Gasteiger partial charge in [0.15, 0.2) is 0 Å². The zero-order valence-corrected chi connectivity index (χ0v) is 13.5. The molecule has 2 fully saturated rings. The van der Waals surface area contributed by atoms with Crippen LogP contribution in [0, 0.1) is 5.92 Å². The van der Waals surface area contributed by atoms with E-state index in [1.807, 2.05) is 31.2 Å². The number of anilines is 1. The molecule has 1 aromatic rings. The lowest BCUT2D eigenvalue weighted by Gasteiger charge is -2.37. The minimum Gasteiger partial charge on any atom is -0.377 e. The van der Waals surface area contributed by atoms with Crippen LogP contribution in [-0.2, 0) is 4.74 Å². The molecule has 1 N–H and O–H groups in total. The van der Waals surface area contributed by atoms with Gasteiger partial charge < -0.3 is 15.0 Å². The standard InChI is InChI=1S/C18H26N2O2/c1-13(22-2)15-7-3-9-16(12-15)19-18(21)20-11-5-8-14-6-4-10-17(14)20/h3,7,9,12-14,17H,4-6,8,10-11H2,1-2H3,(H,19,21). The van der Waals surface area contributed by atoms with E-state index in [2.05, 4.69) is 10.2 Å². The molecular weight excluding hydrogens is 276 g/mol. The molecule has 3 atom stereocenters. The number of rotatable bonds is 3. The van der Waals surface area contributed by atoms with Crippen molar-refractivity contribution in [3.05, 3.63) is 29.8 Å². The molecule has 0 radical (unpaired) electrons. The van der Waals surface area contributed by atoms with Gasteiger partial charge in [0.05, 0.1) is 6.10 Å². The van der Waals surface area contributed by atoms with Gasteiger partial charge in [0.2, 0.25) is 0 Å². The van der Waals surface area contributed by atoms with Gasteiger partial charge in [-0.2, -0.15) is 0 Å². The molecule has 22 heavy (non-hydrogen) atoms. The number of fused-ring (bicyclic) bond motifs is 1. The molecule has 2 amide bonds. The molecule has 1 saturated carbocycles. The first-order valence-electron chi connectivity index (χ1n) is 8.39. The van der Waals surface area contributed by atoms with E-state index in [1.165, 1.54) is 25.7 Å². The van der Waals surface area contributed by atoms with Gasteiger partial charge in [-0.15, -0.1) is 0 Å². The molecule has 2 aliphatic rings. The molecule has 1 saturated heterocycles. The summed E-state index contributed by atoms with van der Waals surface area (Å²) in [5, 5.41) is 3.08. The third-order valence-electron chi connectivity index (χ3n) is 5.21. The Kier molecular flexibility index (Phi) is 4.67. The van der Waals surface area contributed by atoms with Crippen LogP contribution >= 0.6 is 0 Å². The van der Waals surface area contributed by atoms with E-state index in [4.69, 9.17) is 4.74 Å². The molecule has 1 aromatic carbocycles. The van der Waals surface area contributed by atoms with Gasteiger partial charge in [-0.05, 0) is 56.2 Å². The van der Waals surface area contributed by atoms with Crippen LogP contribution in [0.15, 0.2) is 24.3 Å². The Labute approximate surface area is 132 Å². The number of piperidine rings is 1. The minimum atomic E-state index is 0.0334. The van der Waals surface area contributed by atoms with Crippen molar-refractivity contribution in [2.45, 2.75) is 51.2 Å². The smallest absolute Gasteiger partial charge is 0.322 e. The first-order valence-corrected chi connectivity index (χ1v) is 8.39.